The van der Waals surface area contributed by atoms with Crippen molar-refractivity contribution in [1.29, 1.82) is 0 Å². The van der Waals surface area contributed by atoms with Crippen molar-refractivity contribution in [2.75, 3.05) is 10.6 Å². The molecule has 0 aliphatic heterocycles. The fourth-order valence-electron chi connectivity index (χ4n) is 2.05. The van der Waals surface area contributed by atoms with Gasteiger partial charge in [-0.15, -0.1) is 0 Å². The Morgan fingerprint density at radius 3 is 2.71 bits per heavy atom. The zero-order valence-corrected chi connectivity index (χ0v) is 13.4. The van der Waals surface area contributed by atoms with Crippen molar-refractivity contribution < 1.29 is 0 Å². The van der Waals surface area contributed by atoms with Gasteiger partial charge in [0.2, 0.25) is 0 Å². The number of anilines is 2. The number of aryl methyl sites for hydroxylation is 2. The van der Waals surface area contributed by atoms with Crippen molar-refractivity contribution in [3.05, 3.63) is 53.6 Å². The number of rotatable bonds is 2. The maximum absolute atomic E-state index is 5.37. The largest absolute Gasteiger partial charge is 0.332 e. The Morgan fingerprint density at radius 1 is 1.10 bits per heavy atom. The minimum atomic E-state index is 0.558. The molecule has 3 nitrogen and oxygen atoms in total. The number of nitrogens with one attached hydrogen (secondary N) is 2. The van der Waals surface area contributed by atoms with Crippen LogP contribution in [-0.2, 0) is 0 Å². The van der Waals surface area contributed by atoms with E-state index in [9.17, 15) is 0 Å². The molecule has 1 aromatic heterocycles. The number of benzene rings is 2. The molecule has 0 amide bonds. The third-order valence-electron chi connectivity index (χ3n) is 3.16. The molecule has 0 aliphatic rings. The van der Waals surface area contributed by atoms with Crippen LogP contribution in [0.3, 0.4) is 0 Å². The van der Waals surface area contributed by atoms with Gasteiger partial charge >= 0.3 is 0 Å². The summed E-state index contributed by atoms with van der Waals surface area (Å²) in [5, 5.41) is 7.75. The molecule has 3 aromatic rings. The van der Waals surface area contributed by atoms with E-state index in [0.717, 1.165) is 26.6 Å². The highest BCUT2D eigenvalue weighted by atomic mass is 32.1. The van der Waals surface area contributed by atoms with Gasteiger partial charge in [-0.2, -0.15) is 0 Å². The van der Waals surface area contributed by atoms with Crippen LogP contribution in [0.15, 0.2) is 42.5 Å². The van der Waals surface area contributed by atoms with E-state index in [2.05, 4.69) is 53.7 Å². The molecule has 106 valence electrons. The van der Waals surface area contributed by atoms with Crippen LogP contribution in [0, 0.1) is 13.8 Å². The number of thiazole rings is 1. The third kappa shape index (κ3) is 3.20. The number of fused-ring (bicyclic) bond motifs is 1. The number of hydrogen-bond donors (Lipinski definition) is 2. The first-order valence-electron chi connectivity index (χ1n) is 6.62. The molecule has 0 spiro atoms. The molecule has 21 heavy (non-hydrogen) atoms. The molecule has 0 fully saturated rings. The Labute approximate surface area is 133 Å². The minimum absolute atomic E-state index is 0.558. The first kappa shape index (κ1) is 14.0. The molecule has 2 aromatic carbocycles. The summed E-state index contributed by atoms with van der Waals surface area (Å²) in [5.74, 6) is 0. The summed E-state index contributed by atoms with van der Waals surface area (Å²) >= 11 is 6.96. The average Bonchev–Trinajstić information content (AvgIpc) is 2.84. The summed E-state index contributed by atoms with van der Waals surface area (Å²) in [6.45, 7) is 4.12. The molecule has 0 bridgehead atoms. The van der Waals surface area contributed by atoms with E-state index < -0.39 is 0 Å². The SMILES string of the molecule is Cc1ccc(C)c(NC(=S)Nc2nc3ccccc3s2)c1. The van der Waals surface area contributed by atoms with Gasteiger partial charge in [0.25, 0.3) is 0 Å². The highest BCUT2D eigenvalue weighted by molar-refractivity contribution is 7.80. The van der Waals surface area contributed by atoms with Gasteiger partial charge in [-0.25, -0.2) is 4.98 Å². The van der Waals surface area contributed by atoms with Crippen LogP contribution in [0.5, 0.6) is 0 Å². The van der Waals surface area contributed by atoms with E-state index in [0.29, 0.717) is 5.11 Å². The number of para-hydroxylation sites is 1. The van der Waals surface area contributed by atoms with Crippen LogP contribution in [0.1, 0.15) is 11.1 Å². The summed E-state index contributed by atoms with van der Waals surface area (Å²) in [7, 11) is 0. The zero-order chi connectivity index (χ0) is 14.8. The maximum Gasteiger partial charge on any atom is 0.190 e. The summed E-state index contributed by atoms with van der Waals surface area (Å²) < 4.78 is 1.15. The van der Waals surface area contributed by atoms with E-state index in [1.165, 1.54) is 5.56 Å². The number of aromatic nitrogens is 1. The Hall–Kier alpha value is -1.98. The second-order valence-electron chi connectivity index (χ2n) is 4.88. The summed E-state index contributed by atoms with van der Waals surface area (Å²) in [6.07, 6.45) is 0. The Kier molecular flexibility index (Phi) is 3.86. The van der Waals surface area contributed by atoms with Crippen LogP contribution < -0.4 is 10.6 Å². The topological polar surface area (TPSA) is 37.0 Å². The van der Waals surface area contributed by atoms with Crippen molar-refractivity contribution in [2.45, 2.75) is 13.8 Å². The molecule has 5 heteroatoms. The van der Waals surface area contributed by atoms with Crippen LogP contribution >= 0.6 is 23.6 Å². The van der Waals surface area contributed by atoms with Gasteiger partial charge in [-0.05, 0) is 55.4 Å². The summed E-state index contributed by atoms with van der Waals surface area (Å²) in [4.78, 5) is 4.51. The lowest BCUT2D eigenvalue weighted by Crippen LogP contribution is -2.19. The monoisotopic (exact) mass is 313 g/mol. The molecule has 0 atom stereocenters. The minimum Gasteiger partial charge on any atom is -0.332 e. The second kappa shape index (κ2) is 5.79. The second-order valence-corrected chi connectivity index (χ2v) is 6.32. The Morgan fingerprint density at radius 2 is 1.90 bits per heavy atom. The summed E-state index contributed by atoms with van der Waals surface area (Å²) in [6, 6.07) is 14.3. The first-order valence-corrected chi connectivity index (χ1v) is 7.85. The van der Waals surface area contributed by atoms with E-state index in [4.69, 9.17) is 12.2 Å². The maximum atomic E-state index is 5.37. The molecule has 0 aliphatic carbocycles. The lowest BCUT2D eigenvalue weighted by atomic mass is 10.1. The van der Waals surface area contributed by atoms with E-state index >= 15 is 0 Å². The van der Waals surface area contributed by atoms with E-state index in [1.54, 1.807) is 11.3 Å². The fourth-order valence-corrected chi connectivity index (χ4v) is 3.19. The first-order chi connectivity index (χ1) is 10.1. The lowest BCUT2D eigenvalue weighted by molar-refractivity contribution is 1.39. The smallest absolute Gasteiger partial charge is 0.190 e. The molecule has 0 unspecified atom stereocenters. The molecule has 3 rings (SSSR count). The Bertz CT molecular complexity index is 775. The quantitative estimate of drug-likeness (QED) is 0.671. The number of hydrogen-bond acceptors (Lipinski definition) is 3. The van der Waals surface area contributed by atoms with Crippen molar-refractivity contribution >= 4 is 49.7 Å². The van der Waals surface area contributed by atoms with Crippen LogP contribution in [0.25, 0.3) is 10.2 Å². The molecule has 0 saturated heterocycles. The van der Waals surface area contributed by atoms with Crippen molar-refractivity contribution in [3.63, 3.8) is 0 Å². The molecule has 0 saturated carbocycles. The van der Waals surface area contributed by atoms with Gasteiger partial charge in [0, 0.05) is 5.69 Å². The van der Waals surface area contributed by atoms with Gasteiger partial charge in [-0.3, -0.25) is 0 Å². The molecular formula is C16H15N3S2. The van der Waals surface area contributed by atoms with Gasteiger partial charge in [0.05, 0.1) is 10.2 Å². The molecule has 0 radical (unpaired) electrons. The van der Waals surface area contributed by atoms with Gasteiger partial charge in [0.1, 0.15) is 0 Å². The van der Waals surface area contributed by atoms with E-state index in [1.807, 2.05) is 18.2 Å². The predicted octanol–water partition coefficient (Wildman–Crippen LogP) is 4.72. The standard InChI is InChI=1S/C16H15N3S2/c1-10-7-8-11(2)13(9-10)17-15(20)19-16-18-12-5-3-4-6-14(12)21-16/h3-9H,1-2H3,(H2,17,18,19,20). The highest BCUT2D eigenvalue weighted by Crippen LogP contribution is 2.25. The molecule has 1 heterocycles. The van der Waals surface area contributed by atoms with Crippen LogP contribution in [-0.4, -0.2) is 10.1 Å². The third-order valence-corrected chi connectivity index (χ3v) is 4.31. The average molecular weight is 313 g/mol. The van der Waals surface area contributed by atoms with Crippen molar-refractivity contribution in [1.82, 2.24) is 4.98 Å². The van der Waals surface area contributed by atoms with Gasteiger partial charge < -0.3 is 10.6 Å². The predicted molar refractivity (Wildman–Crippen MR) is 95.4 cm³/mol. The summed E-state index contributed by atoms with van der Waals surface area (Å²) in [5.41, 5.74) is 4.37. The number of thiocarbonyl (C=S) groups is 1. The molecular weight excluding hydrogens is 298 g/mol. The van der Waals surface area contributed by atoms with Crippen LogP contribution in [0.2, 0.25) is 0 Å². The normalized spacial score (nSPS) is 10.6. The lowest BCUT2D eigenvalue weighted by Gasteiger charge is -2.11. The molecule has 2 N–H and O–H groups in total. The van der Waals surface area contributed by atoms with Crippen molar-refractivity contribution in [2.24, 2.45) is 0 Å². The highest BCUT2D eigenvalue weighted by Gasteiger charge is 2.06. The van der Waals surface area contributed by atoms with Crippen LogP contribution in [0.4, 0.5) is 10.8 Å². The fraction of sp³-hybridized carbons (Fsp3) is 0.125. The van der Waals surface area contributed by atoms with Crippen molar-refractivity contribution in [3.8, 4) is 0 Å². The van der Waals surface area contributed by atoms with Gasteiger partial charge in [0.15, 0.2) is 10.2 Å². The number of nitrogens with zero attached hydrogens (tertiary/aromatic N) is 1. The zero-order valence-electron chi connectivity index (χ0n) is 11.8. The van der Waals surface area contributed by atoms with E-state index in [-0.39, 0.29) is 0 Å². The Balaban J connectivity index is 1.75. The van der Waals surface area contributed by atoms with Gasteiger partial charge in [-0.1, -0.05) is 35.6 Å².